The van der Waals surface area contributed by atoms with Crippen molar-refractivity contribution in [2.24, 2.45) is 5.92 Å². The first-order chi connectivity index (χ1) is 9.99. The van der Waals surface area contributed by atoms with E-state index < -0.39 is 6.03 Å². The van der Waals surface area contributed by atoms with Gasteiger partial charge < -0.3 is 10.6 Å². The standard InChI is InChI=1S/C15H30N4O2/c1-5-16-11(3)13-8-7-9-19(10-13)12(4)14(20)18-15(21)17-6-2/h11-13,16H,5-10H2,1-4H3,(H2,17,18,20,21). The summed E-state index contributed by atoms with van der Waals surface area (Å²) in [5.41, 5.74) is 0. The number of piperidine rings is 1. The van der Waals surface area contributed by atoms with Gasteiger partial charge in [0.2, 0.25) is 5.91 Å². The Balaban J connectivity index is 2.51. The molecule has 0 aromatic carbocycles. The highest BCUT2D eigenvalue weighted by Gasteiger charge is 2.30. The predicted molar refractivity (Wildman–Crippen MR) is 84.1 cm³/mol. The van der Waals surface area contributed by atoms with Crippen LogP contribution in [-0.2, 0) is 4.79 Å². The molecule has 3 atom stereocenters. The Kier molecular flexibility index (Phi) is 7.67. The van der Waals surface area contributed by atoms with Gasteiger partial charge in [-0.1, -0.05) is 6.92 Å². The molecule has 122 valence electrons. The SMILES string of the molecule is CCNC(=O)NC(=O)C(C)N1CCCC(C(C)NCC)C1. The van der Waals surface area contributed by atoms with Crippen molar-refractivity contribution < 1.29 is 9.59 Å². The Morgan fingerprint density at radius 2 is 1.95 bits per heavy atom. The molecular weight excluding hydrogens is 268 g/mol. The van der Waals surface area contributed by atoms with Crippen LogP contribution in [0.25, 0.3) is 0 Å². The van der Waals surface area contributed by atoms with Gasteiger partial charge in [0.1, 0.15) is 0 Å². The van der Waals surface area contributed by atoms with E-state index in [4.69, 9.17) is 0 Å². The van der Waals surface area contributed by atoms with Crippen LogP contribution in [0.15, 0.2) is 0 Å². The van der Waals surface area contributed by atoms with Gasteiger partial charge in [-0.25, -0.2) is 4.79 Å². The van der Waals surface area contributed by atoms with Gasteiger partial charge in [-0.3, -0.25) is 15.0 Å². The zero-order chi connectivity index (χ0) is 15.8. The number of amides is 3. The average Bonchev–Trinajstić information content (AvgIpc) is 2.47. The van der Waals surface area contributed by atoms with Crippen LogP contribution in [0.4, 0.5) is 4.79 Å². The molecule has 0 aromatic rings. The minimum atomic E-state index is -0.413. The number of imide groups is 1. The molecule has 0 saturated carbocycles. The molecule has 21 heavy (non-hydrogen) atoms. The van der Waals surface area contributed by atoms with Gasteiger partial charge in [0, 0.05) is 19.1 Å². The second-order valence-electron chi connectivity index (χ2n) is 5.77. The zero-order valence-electron chi connectivity index (χ0n) is 13.7. The monoisotopic (exact) mass is 298 g/mol. The van der Waals surface area contributed by atoms with Crippen LogP contribution in [0.3, 0.4) is 0 Å². The van der Waals surface area contributed by atoms with Crippen molar-refractivity contribution in [3.8, 4) is 0 Å². The normalized spacial score (nSPS) is 22.4. The first-order valence-electron chi connectivity index (χ1n) is 8.05. The Hall–Kier alpha value is -1.14. The molecule has 6 nitrogen and oxygen atoms in total. The molecule has 3 unspecified atom stereocenters. The summed E-state index contributed by atoms with van der Waals surface area (Å²) in [6, 6.07) is -0.232. The van der Waals surface area contributed by atoms with E-state index in [0.29, 0.717) is 18.5 Å². The number of carbonyl (C=O) groups is 2. The van der Waals surface area contributed by atoms with Crippen molar-refractivity contribution in [2.45, 2.75) is 52.6 Å². The summed E-state index contributed by atoms with van der Waals surface area (Å²) in [4.78, 5) is 25.7. The third kappa shape index (κ3) is 5.63. The fourth-order valence-corrected chi connectivity index (χ4v) is 2.88. The molecular formula is C15H30N4O2. The highest BCUT2D eigenvalue weighted by molar-refractivity contribution is 5.96. The number of hydrogen-bond donors (Lipinski definition) is 3. The van der Waals surface area contributed by atoms with Gasteiger partial charge in [-0.15, -0.1) is 0 Å². The van der Waals surface area contributed by atoms with Crippen molar-refractivity contribution >= 4 is 11.9 Å². The highest BCUT2D eigenvalue weighted by Crippen LogP contribution is 2.21. The van der Waals surface area contributed by atoms with Crippen molar-refractivity contribution in [2.75, 3.05) is 26.2 Å². The molecule has 1 fully saturated rings. The molecule has 1 heterocycles. The van der Waals surface area contributed by atoms with Crippen molar-refractivity contribution in [3.63, 3.8) is 0 Å². The van der Waals surface area contributed by atoms with Gasteiger partial charge >= 0.3 is 6.03 Å². The van der Waals surface area contributed by atoms with E-state index in [1.807, 2.05) is 13.8 Å². The summed E-state index contributed by atoms with van der Waals surface area (Å²) in [7, 11) is 0. The summed E-state index contributed by atoms with van der Waals surface area (Å²) in [6.07, 6.45) is 2.29. The molecule has 1 saturated heterocycles. The lowest BCUT2D eigenvalue weighted by Crippen LogP contribution is -2.53. The lowest BCUT2D eigenvalue weighted by molar-refractivity contribution is -0.125. The summed E-state index contributed by atoms with van der Waals surface area (Å²) in [5.74, 6) is 0.330. The molecule has 0 aliphatic carbocycles. The molecule has 0 bridgehead atoms. The maximum Gasteiger partial charge on any atom is 0.321 e. The fourth-order valence-electron chi connectivity index (χ4n) is 2.88. The topological polar surface area (TPSA) is 73.5 Å². The Morgan fingerprint density at radius 1 is 1.24 bits per heavy atom. The van der Waals surface area contributed by atoms with Crippen LogP contribution < -0.4 is 16.0 Å². The molecule has 1 aliphatic rings. The van der Waals surface area contributed by atoms with Gasteiger partial charge in [-0.2, -0.15) is 0 Å². The summed E-state index contributed by atoms with van der Waals surface area (Å²) < 4.78 is 0. The number of hydrogen-bond acceptors (Lipinski definition) is 4. The van der Waals surface area contributed by atoms with E-state index >= 15 is 0 Å². The van der Waals surface area contributed by atoms with E-state index in [1.54, 1.807) is 0 Å². The minimum absolute atomic E-state index is 0.224. The number of urea groups is 1. The number of nitrogens with one attached hydrogen (secondary N) is 3. The maximum absolute atomic E-state index is 12.1. The second kappa shape index (κ2) is 9.00. The molecule has 3 N–H and O–H groups in total. The number of rotatable bonds is 6. The number of nitrogens with zero attached hydrogens (tertiary/aromatic N) is 1. The first kappa shape index (κ1) is 17.9. The molecule has 1 rings (SSSR count). The van der Waals surface area contributed by atoms with E-state index in [1.165, 1.54) is 6.42 Å². The van der Waals surface area contributed by atoms with Crippen molar-refractivity contribution in [3.05, 3.63) is 0 Å². The van der Waals surface area contributed by atoms with E-state index in [9.17, 15) is 9.59 Å². The van der Waals surface area contributed by atoms with Crippen LogP contribution in [0, 0.1) is 5.92 Å². The second-order valence-corrected chi connectivity index (χ2v) is 5.77. The molecule has 6 heteroatoms. The van der Waals surface area contributed by atoms with Crippen LogP contribution in [0.2, 0.25) is 0 Å². The number of likely N-dealkylation sites (tertiary alicyclic amines) is 1. The minimum Gasteiger partial charge on any atom is -0.338 e. The summed E-state index contributed by atoms with van der Waals surface area (Å²) >= 11 is 0. The molecule has 0 spiro atoms. The quantitative estimate of drug-likeness (QED) is 0.682. The van der Waals surface area contributed by atoms with E-state index in [-0.39, 0.29) is 11.9 Å². The fraction of sp³-hybridized carbons (Fsp3) is 0.867. The zero-order valence-corrected chi connectivity index (χ0v) is 13.7. The van der Waals surface area contributed by atoms with Crippen molar-refractivity contribution in [1.82, 2.24) is 20.9 Å². The average molecular weight is 298 g/mol. The Bertz CT molecular complexity index is 349. The van der Waals surface area contributed by atoms with Gasteiger partial charge in [0.15, 0.2) is 0 Å². The lowest BCUT2D eigenvalue weighted by Gasteiger charge is -2.38. The predicted octanol–water partition coefficient (Wildman–Crippen LogP) is 0.931. The van der Waals surface area contributed by atoms with E-state index in [0.717, 1.165) is 26.1 Å². The lowest BCUT2D eigenvalue weighted by atomic mass is 9.90. The van der Waals surface area contributed by atoms with Crippen molar-refractivity contribution in [1.29, 1.82) is 0 Å². The molecule has 0 aromatic heterocycles. The molecule has 3 amide bonds. The smallest absolute Gasteiger partial charge is 0.321 e. The van der Waals surface area contributed by atoms with Crippen LogP contribution in [0.1, 0.15) is 40.5 Å². The summed E-state index contributed by atoms with van der Waals surface area (Å²) in [6.45, 7) is 11.3. The van der Waals surface area contributed by atoms with Crippen LogP contribution in [-0.4, -0.2) is 55.1 Å². The van der Waals surface area contributed by atoms with Gasteiger partial charge in [0.25, 0.3) is 0 Å². The molecule has 1 aliphatic heterocycles. The van der Waals surface area contributed by atoms with Crippen LogP contribution in [0.5, 0.6) is 0 Å². The highest BCUT2D eigenvalue weighted by atomic mass is 16.2. The van der Waals surface area contributed by atoms with Crippen LogP contribution >= 0.6 is 0 Å². The Morgan fingerprint density at radius 3 is 2.57 bits per heavy atom. The molecule has 0 radical (unpaired) electrons. The number of carbonyl (C=O) groups excluding carboxylic acids is 2. The first-order valence-corrected chi connectivity index (χ1v) is 8.05. The maximum atomic E-state index is 12.1. The third-order valence-corrected chi connectivity index (χ3v) is 4.22. The largest absolute Gasteiger partial charge is 0.338 e. The van der Waals surface area contributed by atoms with E-state index in [2.05, 4.69) is 34.7 Å². The Labute approximate surface area is 128 Å². The van der Waals surface area contributed by atoms with Gasteiger partial charge in [0.05, 0.1) is 6.04 Å². The summed E-state index contributed by atoms with van der Waals surface area (Å²) in [5, 5.41) is 8.44. The third-order valence-electron chi connectivity index (χ3n) is 4.22. The van der Waals surface area contributed by atoms with Gasteiger partial charge in [-0.05, 0) is 52.6 Å².